The van der Waals surface area contributed by atoms with Crippen molar-refractivity contribution in [3.8, 4) is 5.75 Å². The smallest absolute Gasteiger partial charge is 0.409 e. The lowest BCUT2D eigenvalue weighted by Crippen LogP contribution is -2.56. The molecule has 12 heteroatoms. The topological polar surface area (TPSA) is 148 Å². The average Bonchev–Trinajstić information content (AvgIpc) is 3.05. The van der Waals surface area contributed by atoms with Gasteiger partial charge >= 0.3 is 12.1 Å². The van der Waals surface area contributed by atoms with E-state index < -0.39 is 30.6 Å². The molecule has 3 aromatic rings. The SMILES string of the molecule is CCCCOC(=O)N1CCN(C(=O)[C@H](CCOCc2ccccc2)NC(=O)c2cc(OCC(=O)O)c3ccccc3n2)CC1. The third-order valence-corrected chi connectivity index (χ3v) is 7.10. The number of nitrogens with zero attached hydrogens (tertiary/aromatic N) is 3. The van der Waals surface area contributed by atoms with E-state index in [1.165, 1.54) is 6.07 Å². The first kappa shape index (κ1) is 32.2. The number of carbonyl (C=O) groups is 4. The maximum absolute atomic E-state index is 13.7. The van der Waals surface area contributed by atoms with Crippen LogP contribution in [0.4, 0.5) is 4.79 Å². The minimum atomic E-state index is -1.16. The minimum absolute atomic E-state index is 0.0215. The molecule has 1 aromatic heterocycles. The number of carboxylic acids is 1. The first-order chi connectivity index (χ1) is 21.4. The van der Waals surface area contributed by atoms with Crippen molar-refractivity contribution in [1.82, 2.24) is 20.1 Å². The maximum atomic E-state index is 13.7. The van der Waals surface area contributed by atoms with E-state index >= 15 is 0 Å². The second kappa shape index (κ2) is 16.2. The Balaban J connectivity index is 1.45. The number of aliphatic carboxylic acids is 1. The van der Waals surface area contributed by atoms with Crippen LogP contribution < -0.4 is 10.1 Å². The lowest BCUT2D eigenvalue weighted by atomic mass is 10.1. The third kappa shape index (κ3) is 9.14. The van der Waals surface area contributed by atoms with E-state index in [9.17, 15) is 19.2 Å². The summed E-state index contributed by atoms with van der Waals surface area (Å²) < 4.78 is 16.6. The Morgan fingerprint density at radius 2 is 1.66 bits per heavy atom. The Morgan fingerprint density at radius 3 is 2.39 bits per heavy atom. The number of hydrogen-bond acceptors (Lipinski definition) is 8. The molecule has 4 rings (SSSR count). The molecule has 1 aliphatic heterocycles. The highest BCUT2D eigenvalue weighted by Gasteiger charge is 2.31. The van der Waals surface area contributed by atoms with Gasteiger partial charge < -0.3 is 34.4 Å². The summed E-state index contributed by atoms with van der Waals surface area (Å²) in [5.74, 6) is -1.88. The van der Waals surface area contributed by atoms with Crippen LogP contribution in [0.5, 0.6) is 5.75 Å². The van der Waals surface area contributed by atoms with E-state index in [-0.39, 0.29) is 30.4 Å². The summed E-state index contributed by atoms with van der Waals surface area (Å²) in [6.45, 7) is 3.56. The summed E-state index contributed by atoms with van der Waals surface area (Å²) in [5, 5.41) is 12.5. The summed E-state index contributed by atoms with van der Waals surface area (Å²) in [6.07, 6.45) is 1.51. The normalized spacial score (nSPS) is 13.8. The zero-order valence-corrected chi connectivity index (χ0v) is 24.8. The molecule has 0 radical (unpaired) electrons. The lowest BCUT2D eigenvalue weighted by Gasteiger charge is -2.36. The zero-order valence-electron chi connectivity index (χ0n) is 24.8. The number of amides is 3. The van der Waals surface area contributed by atoms with Crippen LogP contribution in [0.3, 0.4) is 0 Å². The molecular formula is C32H38N4O8. The van der Waals surface area contributed by atoms with Crippen molar-refractivity contribution in [3.05, 3.63) is 71.9 Å². The first-order valence-electron chi connectivity index (χ1n) is 14.7. The molecule has 1 fully saturated rings. The quantitative estimate of drug-likeness (QED) is 0.263. The van der Waals surface area contributed by atoms with Crippen LogP contribution in [0.15, 0.2) is 60.7 Å². The zero-order chi connectivity index (χ0) is 31.3. The Hall–Kier alpha value is -4.71. The van der Waals surface area contributed by atoms with Crippen molar-refractivity contribution in [1.29, 1.82) is 0 Å². The van der Waals surface area contributed by atoms with Gasteiger partial charge in [-0.05, 0) is 30.5 Å². The Bertz CT molecular complexity index is 1430. The van der Waals surface area contributed by atoms with Crippen LogP contribution in [0.2, 0.25) is 0 Å². The summed E-state index contributed by atoms with van der Waals surface area (Å²) in [7, 11) is 0. The Kier molecular flexibility index (Phi) is 11.9. The van der Waals surface area contributed by atoms with Crippen LogP contribution in [-0.4, -0.2) is 95.8 Å². The number of piperazine rings is 1. The monoisotopic (exact) mass is 606 g/mol. The van der Waals surface area contributed by atoms with Gasteiger partial charge in [0.15, 0.2) is 6.61 Å². The summed E-state index contributed by atoms with van der Waals surface area (Å²) in [6, 6.07) is 17.0. The van der Waals surface area contributed by atoms with Crippen LogP contribution in [0, 0.1) is 0 Å². The second-order valence-electron chi connectivity index (χ2n) is 10.3. The van der Waals surface area contributed by atoms with Gasteiger partial charge in [-0.25, -0.2) is 14.6 Å². The number of ether oxygens (including phenoxy) is 3. The van der Waals surface area contributed by atoms with Crippen LogP contribution in [0.25, 0.3) is 10.9 Å². The fourth-order valence-electron chi connectivity index (χ4n) is 4.70. The molecule has 12 nitrogen and oxygen atoms in total. The average molecular weight is 607 g/mol. The molecular weight excluding hydrogens is 568 g/mol. The number of fused-ring (bicyclic) bond motifs is 1. The number of nitrogens with one attached hydrogen (secondary N) is 1. The highest BCUT2D eigenvalue weighted by molar-refractivity contribution is 5.99. The molecule has 3 amide bonds. The van der Waals surface area contributed by atoms with Gasteiger partial charge in [-0.1, -0.05) is 55.8 Å². The number of benzene rings is 2. The fourth-order valence-corrected chi connectivity index (χ4v) is 4.70. The third-order valence-electron chi connectivity index (χ3n) is 7.10. The van der Waals surface area contributed by atoms with Gasteiger partial charge in [0.1, 0.15) is 17.5 Å². The summed E-state index contributed by atoms with van der Waals surface area (Å²) in [5.41, 5.74) is 1.40. The largest absolute Gasteiger partial charge is 0.481 e. The van der Waals surface area contributed by atoms with Crippen LogP contribution >= 0.6 is 0 Å². The number of pyridine rings is 1. The molecule has 0 aliphatic carbocycles. The number of para-hydroxylation sites is 1. The van der Waals surface area contributed by atoms with Crippen LogP contribution in [0.1, 0.15) is 42.2 Å². The van der Waals surface area contributed by atoms with E-state index in [2.05, 4.69) is 10.3 Å². The highest BCUT2D eigenvalue weighted by Crippen LogP contribution is 2.25. The molecule has 0 unspecified atom stereocenters. The first-order valence-corrected chi connectivity index (χ1v) is 14.7. The van der Waals surface area contributed by atoms with Gasteiger partial charge in [-0.2, -0.15) is 0 Å². The van der Waals surface area contributed by atoms with E-state index in [1.54, 1.807) is 34.1 Å². The maximum Gasteiger partial charge on any atom is 0.409 e. The molecule has 0 saturated carbocycles. The van der Waals surface area contributed by atoms with Gasteiger partial charge in [0.2, 0.25) is 5.91 Å². The van der Waals surface area contributed by atoms with E-state index in [0.29, 0.717) is 50.3 Å². The summed E-state index contributed by atoms with van der Waals surface area (Å²) >= 11 is 0. The van der Waals surface area contributed by atoms with Crippen molar-refractivity contribution in [2.45, 2.75) is 38.8 Å². The molecule has 0 spiro atoms. The number of carboxylic acid groups (broad SMARTS) is 1. The van der Waals surface area contributed by atoms with Crippen molar-refractivity contribution in [2.75, 3.05) is 46.0 Å². The standard InChI is InChI=1S/C32H38N4O8/c1-2-3-18-43-32(41)36-16-14-35(15-17-36)31(40)26(13-19-42-21-23-9-5-4-6-10-23)34-30(39)27-20-28(44-22-29(37)38)24-11-7-8-12-25(24)33-27/h4-12,20,26H,2-3,13-19,21-22H2,1H3,(H,34,39)(H,37,38)/t26-/m0/s1. The number of carbonyl (C=O) groups excluding carboxylic acids is 3. The van der Waals surface area contributed by atoms with Crippen molar-refractivity contribution >= 4 is 34.8 Å². The predicted octanol–water partition coefficient (Wildman–Crippen LogP) is 3.48. The van der Waals surface area contributed by atoms with Gasteiger partial charge in [0, 0.05) is 44.2 Å². The molecule has 2 heterocycles. The molecule has 1 saturated heterocycles. The van der Waals surface area contributed by atoms with Gasteiger partial charge in [-0.3, -0.25) is 9.59 Å². The summed E-state index contributed by atoms with van der Waals surface area (Å²) in [4.78, 5) is 58.3. The number of hydrogen-bond donors (Lipinski definition) is 2. The Morgan fingerprint density at radius 1 is 0.955 bits per heavy atom. The second-order valence-corrected chi connectivity index (χ2v) is 10.3. The van der Waals surface area contributed by atoms with Crippen molar-refractivity contribution < 1.29 is 38.5 Å². The van der Waals surface area contributed by atoms with E-state index in [4.69, 9.17) is 19.3 Å². The van der Waals surface area contributed by atoms with Crippen LogP contribution in [-0.2, 0) is 25.7 Å². The molecule has 44 heavy (non-hydrogen) atoms. The van der Waals surface area contributed by atoms with E-state index in [0.717, 1.165) is 18.4 Å². The molecule has 2 N–H and O–H groups in total. The number of rotatable bonds is 14. The molecule has 1 atom stereocenters. The lowest BCUT2D eigenvalue weighted by molar-refractivity contribution is -0.139. The molecule has 1 aliphatic rings. The molecule has 2 aromatic carbocycles. The van der Waals surface area contributed by atoms with Crippen molar-refractivity contribution in [3.63, 3.8) is 0 Å². The van der Waals surface area contributed by atoms with Crippen molar-refractivity contribution in [2.24, 2.45) is 0 Å². The highest BCUT2D eigenvalue weighted by atomic mass is 16.6. The fraction of sp³-hybridized carbons (Fsp3) is 0.406. The van der Waals surface area contributed by atoms with Gasteiger partial charge in [0.25, 0.3) is 5.91 Å². The number of aromatic nitrogens is 1. The predicted molar refractivity (Wildman–Crippen MR) is 161 cm³/mol. The van der Waals surface area contributed by atoms with Gasteiger partial charge in [-0.15, -0.1) is 0 Å². The minimum Gasteiger partial charge on any atom is -0.481 e. The molecule has 0 bridgehead atoms. The number of unbranched alkanes of at least 4 members (excludes halogenated alkanes) is 1. The van der Waals surface area contributed by atoms with Gasteiger partial charge in [0.05, 0.1) is 18.7 Å². The Labute approximate surface area is 255 Å². The van der Waals surface area contributed by atoms with E-state index in [1.807, 2.05) is 37.3 Å². The molecule has 234 valence electrons.